The van der Waals surface area contributed by atoms with E-state index in [0.29, 0.717) is 6.42 Å². The van der Waals surface area contributed by atoms with Gasteiger partial charge >= 0.3 is 0 Å². The number of carbonyl (C=O) groups is 1. The Balaban J connectivity index is 0. The minimum atomic E-state index is 0. The smallest absolute Gasteiger partial charge is 0.129 e. The molecule has 0 aromatic carbocycles. The minimum Gasteiger partial charge on any atom is -0.300 e. The molecule has 0 atom stereocenters. The molecule has 0 saturated heterocycles. The molecule has 0 aliphatic carbocycles. The second-order valence-electron chi connectivity index (χ2n) is 1.06. The maximum absolute atomic E-state index is 9.81. The summed E-state index contributed by atoms with van der Waals surface area (Å²) in [6.45, 7) is 3.43. The molecule has 2 heteroatoms. The van der Waals surface area contributed by atoms with E-state index < -0.39 is 0 Å². The van der Waals surface area contributed by atoms with Crippen molar-refractivity contribution in [2.24, 2.45) is 0 Å². The number of rotatable bonds is 1. The maximum atomic E-state index is 9.81. The number of hydrogen-bond donors (Lipinski definition) is 0. The zero-order valence-corrected chi connectivity index (χ0v) is 8.36. The van der Waals surface area contributed by atoms with Gasteiger partial charge in [-0.2, -0.15) is 0 Å². The normalized spacial score (nSPS) is 6.33. The first-order valence-electron chi connectivity index (χ1n) is 1.76. The Labute approximate surface area is 58.3 Å². The third-order valence-corrected chi connectivity index (χ3v) is 0.498. The molecule has 1 nitrogen and oxygen atoms in total. The summed E-state index contributed by atoms with van der Waals surface area (Å²) in [6, 6.07) is 0. The van der Waals surface area contributed by atoms with Gasteiger partial charge in [0, 0.05) is 33.7 Å². The maximum Gasteiger partial charge on any atom is 0.129 e. The van der Waals surface area contributed by atoms with E-state index in [2.05, 4.69) is 0 Å². The summed E-state index contributed by atoms with van der Waals surface area (Å²) in [4.78, 5) is 9.81. The Morgan fingerprint density at radius 3 is 1.83 bits per heavy atom. The fourth-order valence-corrected chi connectivity index (χ4v) is 0. The van der Waals surface area contributed by atoms with Crippen molar-refractivity contribution in [3.63, 3.8) is 0 Å². The Morgan fingerprint density at radius 1 is 1.67 bits per heavy atom. The third-order valence-electron chi connectivity index (χ3n) is 0.498. The first kappa shape index (κ1) is 9.78. The molecule has 0 bridgehead atoms. The van der Waals surface area contributed by atoms with Gasteiger partial charge in [0.2, 0.25) is 0 Å². The monoisotopic (exact) mass is 186 g/mol. The quantitative estimate of drug-likeness (QED) is 0.556. The Bertz CT molecular complexity index is 42.8. The van der Waals surface area contributed by atoms with E-state index >= 15 is 0 Å². The van der Waals surface area contributed by atoms with Gasteiger partial charge in [-0.1, -0.05) is 6.92 Å². The predicted octanol–water partition coefficient (Wildman–Crippen LogP) is 0.983. The molecule has 0 amide bonds. The minimum absolute atomic E-state index is 0. The molecule has 0 aromatic rings. The average Bonchev–Trinajstić information content (AvgIpc) is 1.38. The van der Waals surface area contributed by atoms with Crippen molar-refractivity contribution in [2.45, 2.75) is 20.3 Å². The Morgan fingerprint density at radius 2 is 1.83 bits per heavy atom. The van der Waals surface area contributed by atoms with Crippen LogP contribution < -0.4 is 0 Å². The van der Waals surface area contributed by atoms with Gasteiger partial charge in [-0.15, -0.1) is 0 Å². The molecule has 0 aromatic heterocycles. The fourth-order valence-electron chi connectivity index (χ4n) is 0. The molecule has 0 saturated carbocycles. The summed E-state index contributed by atoms with van der Waals surface area (Å²) < 4.78 is 0. The standard InChI is InChI=1S/C4H8O.Cd/c1-3-4(2)5;/h3H2,1-2H3;. The molecule has 0 aliphatic rings. The van der Waals surface area contributed by atoms with Gasteiger partial charge in [0.15, 0.2) is 0 Å². The predicted molar refractivity (Wildman–Crippen MR) is 21.0 cm³/mol. The molecular weight excluding hydrogens is 176 g/mol. The van der Waals surface area contributed by atoms with Gasteiger partial charge in [0.1, 0.15) is 5.78 Å². The first-order valence-corrected chi connectivity index (χ1v) is 1.76. The molecule has 0 rings (SSSR count). The molecule has 0 N–H and O–H groups in total. The van der Waals surface area contributed by atoms with Crippen molar-refractivity contribution in [2.75, 3.05) is 0 Å². The summed E-state index contributed by atoms with van der Waals surface area (Å²) >= 11 is 0. The zero-order valence-electron chi connectivity index (χ0n) is 4.32. The van der Waals surface area contributed by atoms with Crippen LogP contribution in [0.25, 0.3) is 0 Å². The molecule has 0 radical (unpaired) electrons. The van der Waals surface area contributed by atoms with Crippen LogP contribution in [-0.2, 0) is 32.1 Å². The molecule has 0 unspecified atom stereocenters. The first-order chi connectivity index (χ1) is 2.27. The van der Waals surface area contributed by atoms with Gasteiger partial charge in [0.05, 0.1) is 0 Å². The third kappa shape index (κ3) is 8.82. The van der Waals surface area contributed by atoms with E-state index in [1.54, 1.807) is 6.92 Å². The van der Waals surface area contributed by atoms with Crippen molar-refractivity contribution >= 4 is 5.78 Å². The van der Waals surface area contributed by atoms with Crippen LogP contribution in [0.4, 0.5) is 0 Å². The summed E-state index contributed by atoms with van der Waals surface area (Å²) in [5, 5.41) is 0. The van der Waals surface area contributed by atoms with Gasteiger partial charge in [-0.25, -0.2) is 0 Å². The molecule has 0 spiro atoms. The van der Waals surface area contributed by atoms with Gasteiger partial charge < -0.3 is 4.79 Å². The molecule has 0 fully saturated rings. The van der Waals surface area contributed by atoms with Crippen LogP contribution >= 0.6 is 0 Å². The zero-order chi connectivity index (χ0) is 4.28. The summed E-state index contributed by atoms with van der Waals surface area (Å²) in [5.74, 6) is 0.255. The number of Topliss-reactive ketones (excluding diaryl/α,β-unsaturated/α-hetero) is 1. The van der Waals surface area contributed by atoms with Crippen LogP contribution in [0.5, 0.6) is 0 Å². The molecule has 6 heavy (non-hydrogen) atoms. The number of carbonyl (C=O) groups excluding carboxylic acids is 1. The van der Waals surface area contributed by atoms with Gasteiger partial charge in [-0.3, -0.25) is 0 Å². The van der Waals surface area contributed by atoms with Crippen LogP contribution in [0, 0.1) is 0 Å². The Hall–Kier alpha value is 0.592. The van der Waals surface area contributed by atoms with E-state index in [9.17, 15) is 4.79 Å². The molecular formula is C4H8CdO. The summed E-state index contributed by atoms with van der Waals surface area (Å²) in [5.41, 5.74) is 0. The molecule has 32 valence electrons. The molecule has 0 aliphatic heterocycles. The SMILES string of the molecule is CCC(C)=O.[Cd]. The second kappa shape index (κ2) is 5.59. The number of ketones is 1. The van der Waals surface area contributed by atoms with E-state index in [-0.39, 0.29) is 33.1 Å². The van der Waals surface area contributed by atoms with Crippen LogP contribution in [0.2, 0.25) is 0 Å². The average molecular weight is 185 g/mol. The van der Waals surface area contributed by atoms with E-state index in [1.807, 2.05) is 6.92 Å². The van der Waals surface area contributed by atoms with Crippen molar-refractivity contribution in [1.82, 2.24) is 0 Å². The van der Waals surface area contributed by atoms with Crippen molar-refractivity contribution in [3.8, 4) is 0 Å². The van der Waals surface area contributed by atoms with Gasteiger partial charge in [-0.05, 0) is 6.92 Å². The molecule has 0 heterocycles. The fraction of sp³-hybridized carbons (Fsp3) is 0.750. The number of hydrogen-bond acceptors (Lipinski definition) is 1. The van der Waals surface area contributed by atoms with Crippen LogP contribution in [0.1, 0.15) is 20.3 Å². The summed E-state index contributed by atoms with van der Waals surface area (Å²) in [7, 11) is 0. The van der Waals surface area contributed by atoms with Crippen LogP contribution in [0.15, 0.2) is 0 Å². The van der Waals surface area contributed by atoms with Gasteiger partial charge in [0.25, 0.3) is 0 Å². The topological polar surface area (TPSA) is 17.1 Å². The van der Waals surface area contributed by atoms with Crippen molar-refractivity contribution in [3.05, 3.63) is 0 Å². The largest absolute Gasteiger partial charge is 0.300 e. The van der Waals surface area contributed by atoms with E-state index in [4.69, 9.17) is 0 Å². The summed E-state index contributed by atoms with van der Waals surface area (Å²) in [6.07, 6.45) is 0.667. The van der Waals surface area contributed by atoms with Crippen molar-refractivity contribution in [1.29, 1.82) is 0 Å². The van der Waals surface area contributed by atoms with E-state index in [1.165, 1.54) is 0 Å². The van der Waals surface area contributed by atoms with Crippen LogP contribution in [-0.4, -0.2) is 5.78 Å². The second-order valence-corrected chi connectivity index (χ2v) is 1.06. The van der Waals surface area contributed by atoms with E-state index in [0.717, 1.165) is 0 Å². The van der Waals surface area contributed by atoms with Crippen LogP contribution in [0.3, 0.4) is 0 Å². The van der Waals surface area contributed by atoms with Crippen molar-refractivity contribution < 1.29 is 32.1 Å². The Kier molecular flexibility index (Phi) is 9.11.